The molecule has 1 fully saturated rings. The van der Waals surface area contributed by atoms with Gasteiger partial charge in [-0.05, 0) is 13.8 Å². The fourth-order valence-corrected chi connectivity index (χ4v) is 4.32. The van der Waals surface area contributed by atoms with E-state index in [-0.39, 0.29) is 37.1 Å². The van der Waals surface area contributed by atoms with Crippen LogP contribution in [0.4, 0.5) is 0 Å². The summed E-state index contributed by atoms with van der Waals surface area (Å²) >= 11 is 0. The van der Waals surface area contributed by atoms with Crippen LogP contribution in [-0.2, 0) is 20.0 Å². The first-order chi connectivity index (χ1) is 9.62. The zero-order chi connectivity index (χ0) is 15.8. The second-order valence-corrected chi connectivity index (χ2v) is 9.24. The maximum absolute atomic E-state index is 12.5. The van der Waals surface area contributed by atoms with Crippen molar-refractivity contribution in [3.63, 3.8) is 0 Å². The zero-order valence-corrected chi connectivity index (χ0v) is 13.9. The molecule has 8 nitrogen and oxygen atoms in total. The molecule has 1 aromatic rings. The molecule has 0 saturated carbocycles. The standard InChI is InChI=1S/C11H20N4O4S2/c1-10(2)15-9-11(8-12-15)21(18,19)14-6-4-13(5-7-14)20(3,16)17/h8-10H,4-7H2,1-3H3. The summed E-state index contributed by atoms with van der Waals surface area (Å²) in [5.74, 6) is 0. The highest BCUT2D eigenvalue weighted by atomic mass is 32.2. The molecule has 120 valence electrons. The number of nitrogens with zero attached hydrogens (tertiary/aromatic N) is 4. The molecule has 0 amide bonds. The minimum atomic E-state index is -3.62. The van der Waals surface area contributed by atoms with Crippen LogP contribution in [0.15, 0.2) is 17.3 Å². The number of rotatable bonds is 4. The van der Waals surface area contributed by atoms with Crippen molar-refractivity contribution in [2.24, 2.45) is 0 Å². The van der Waals surface area contributed by atoms with E-state index in [1.807, 2.05) is 13.8 Å². The molecule has 1 aliphatic rings. The number of aromatic nitrogens is 2. The van der Waals surface area contributed by atoms with Gasteiger partial charge < -0.3 is 0 Å². The smallest absolute Gasteiger partial charge is 0.246 e. The van der Waals surface area contributed by atoms with Gasteiger partial charge in [0, 0.05) is 38.4 Å². The fraction of sp³-hybridized carbons (Fsp3) is 0.727. The lowest BCUT2D eigenvalue weighted by atomic mass is 10.4. The van der Waals surface area contributed by atoms with Crippen LogP contribution in [0.2, 0.25) is 0 Å². The van der Waals surface area contributed by atoms with Gasteiger partial charge in [0.05, 0.1) is 12.5 Å². The van der Waals surface area contributed by atoms with Crippen molar-refractivity contribution in [3.05, 3.63) is 12.4 Å². The van der Waals surface area contributed by atoms with Gasteiger partial charge in [-0.3, -0.25) is 4.68 Å². The SMILES string of the molecule is CC(C)n1cc(S(=O)(=O)N2CCN(S(C)(=O)=O)CC2)cn1. The Labute approximate surface area is 125 Å². The molecule has 0 aromatic carbocycles. The van der Waals surface area contributed by atoms with Crippen LogP contribution in [-0.4, -0.2) is 67.7 Å². The Morgan fingerprint density at radius 3 is 2.00 bits per heavy atom. The third-order valence-corrected chi connectivity index (χ3v) is 6.57. The van der Waals surface area contributed by atoms with Gasteiger partial charge in [-0.1, -0.05) is 0 Å². The molecule has 2 heterocycles. The average molecular weight is 336 g/mol. The Morgan fingerprint density at radius 2 is 1.57 bits per heavy atom. The second-order valence-electron chi connectivity index (χ2n) is 5.32. The third-order valence-electron chi connectivity index (χ3n) is 3.41. The monoisotopic (exact) mass is 336 g/mol. The van der Waals surface area contributed by atoms with Crippen molar-refractivity contribution in [1.29, 1.82) is 0 Å². The van der Waals surface area contributed by atoms with Crippen LogP contribution < -0.4 is 0 Å². The first-order valence-electron chi connectivity index (χ1n) is 6.62. The molecular weight excluding hydrogens is 316 g/mol. The van der Waals surface area contributed by atoms with E-state index in [0.717, 1.165) is 6.26 Å². The topological polar surface area (TPSA) is 92.6 Å². The van der Waals surface area contributed by atoms with Crippen molar-refractivity contribution >= 4 is 20.0 Å². The number of piperazine rings is 1. The maximum Gasteiger partial charge on any atom is 0.246 e. The summed E-state index contributed by atoms with van der Waals surface area (Å²) in [5.41, 5.74) is 0. The predicted molar refractivity (Wildman–Crippen MR) is 77.8 cm³/mol. The first kappa shape index (κ1) is 16.4. The highest BCUT2D eigenvalue weighted by molar-refractivity contribution is 7.89. The molecule has 1 saturated heterocycles. The minimum Gasteiger partial charge on any atom is -0.269 e. The third kappa shape index (κ3) is 3.44. The summed E-state index contributed by atoms with van der Waals surface area (Å²) in [5, 5.41) is 4.04. The molecular formula is C11H20N4O4S2. The van der Waals surface area contributed by atoms with Crippen LogP contribution in [0.5, 0.6) is 0 Å². The second kappa shape index (κ2) is 5.67. The quantitative estimate of drug-likeness (QED) is 0.755. The van der Waals surface area contributed by atoms with E-state index in [1.54, 1.807) is 4.68 Å². The van der Waals surface area contributed by atoms with E-state index < -0.39 is 20.0 Å². The van der Waals surface area contributed by atoms with Gasteiger partial charge in [0.1, 0.15) is 4.90 Å². The van der Waals surface area contributed by atoms with Crippen LogP contribution in [0.1, 0.15) is 19.9 Å². The molecule has 1 aromatic heterocycles. The van der Waals surface area contributed by atoms with Crippen molar-refractivity contribution in [2.75, 3.05) is 32.4 Å². The van der Waals surface area contributed by atoms with Crippen molar-refractivity contribution in [3.8, 4) is 0 Å². The Kier molecular flexibility index (Phi) is 4.43. The van der Waals surface area contributed by atoms with Gasteiger partial charge in [-0.2, -0.15) is 13.7 Å². The van der Waals surface area contributed by atoms with Crippen LogP contribution in [0.25, 0.3) is 0 Å². The van der Waals surface area contributed by atoms with Crippen molar-refractivity contribution in [1.82, 2.24) is 18.4 Å². The van der Waals surface area contributed by atoms with Crippen molar-refractivity contribution < 1.29 is 16.8 Å². The van der Waals surface area contributed by atoms with Crippen LogP contribution >= 0.6 is 0 Å². The molecule has 0 aliphatic carbocycles. The summed E-state index contributed by atoms with van der Waals surface area (Å²) in [6.45, 7) is 4.49. The van der Waals surface area contributed by atoms with E-state index in [2.05, 4.69) is 5.10 Å². The van der Waals surface area contributed by atoms with Gasteiger partial charge in [0.15, 0.2) is 0 Å². The van der Waals surface area contributed by atoms with E-state index in [1.165, 1.54) is 21.0 Å². The summed E-state index contributed by atoms with van der Waals surface area (Å²) < 4.78 is 52.0. The van der Waals surface area contributed by atoms with E-state index in [4.69, 9.17) is 0 Å². The van der Waals surface area contributed by atoms with Crippen molar-refractivity contribution in [2.45, 2.75) is 24.8 Å². The first-order valence-corrected chi connectivity index (χ1v) is 9.90. The lowest BCUT2D eigenvalue weighted by Crippen LogP contribution is -2.50. The largest absolute Gasteiger partial charge is 0.269 e. The molecule has 0 radical (unpaired) electrons. The summed E-state index contributed by atoms with van der Waals surface area (Å²) in [4.78, 5) is 0.143. The number of hydrogen-bond donors (Lipinski definition) is 0. The highest BCUT2D eigenvalue weighted by Crippen LogP contribution is 2.19. The normalized spacial score (nSPS) is 19.2. The summed E-state index contributed by atoms with van der Waals surface area (Å²) in [7, 11) is -6.89. The van der Waals surface area contributed by atoms with E-state index >= 15 is 0 Å². The molecule has 0 bridgehead atoms. The number of hydrogen-bond acceptors (Lipinski definition) is 5. The minimum absolute atomic E-state index is 0.0797. The van der Waals surface area contributed by atoms with Gasteiger partial charge in [0.25, 0.3) is 0 Å². The molecule has 0 atom stereocenters. The van der Waals surface area contributed by atoms with E-state index in [0.29, 0.717) is 0 Å². The molecule has 0 unspecified atom stereocenters. The Bertz CT molecular complexity index is 700. The molecule has 2 rings (SSSR count). The van der Waals surface area contributed by atoms with Crippen LogP contribution in [0.3, 0.4) is 0 Å². The fourth-order valence-electron chi connectivity index (χ4n) is 2.13. The lowest BCUT2D eigenvalue weighted by molar-refractivity contribution is 0.274. The van der Waals surface area contributed by atoms with Gasteiger partial charge in [-0.15, -0.1) is 0 Å². The Morgan fingerprint density at radius 1 is 1.05 bits per heavy atom. The Balaban J connectivity index is 2.14. The maximum atomic E-state index is 12.5. The number of sulfonamides is 2. The molecule has 0 spiro atoms. The molecule has 0 N–H and O–H groups in total. The predicted octanol–water partition coefficient (Wildman–Crippen LogP) is -0.270. The lowest BCUT2D eigenvalue weighted by Gasteiger charge is -2.32. The van der Waals surface area contributed by atoms with Gasteiger partial charge >= 0.3 is 0 Å². The van der Waals surface area contributed by atoms with Gasteiger partial charge in [0.2, 0.25) is 20.0 Å². The summed E-state index contributed by atoms with van der Waals surface area (Å²) in [6, 6.07) is 0.0797. The van der Waals surface area contributed by atoms with Gasteiger partial charge in [-0.25, -0.2) is 16.8 Å². The molecule has 10 heteroatoms. The summed E-state index contributed by atoms with van der Waals surface area (Å²) in [6.07, 6.45) is 3.96. The highest BCUT2D eigenvalue weighted by Gasteiger charge is 2.32. The Hall–Kier alpha value is -0.970. The van der Waals surface area contributed by atoms with Crippen LogP contribution in [0, 0.1) is 0 Å². The molecule has 21 heavy (non-hydrogen) atoms. The average Bonchev–Trinajstić information content (AvgIpc) is 2.88. The zero-order valence-electron chi connectivity index (χ0n) is 12.3. The van der Waals surface area contributed by atoms with E-state index in [9.17, 15) is 16.8 Å². The molecule has 1 aliphatic heterocycles.